The normalized spacial score (nSPS) is 16.7. The zero-order chi connectivity index (χ0) is 20.6. The number of fused-ring (bicyclic) bond motifs is 1. The van der Waals surface area contributed by atoms with Gasteiger partial charge in [-0.1, -0.05) is 23.7 Å². The highest BCUT2D eigenvalue weighted by Crippen LogP contribution is 2.36. The number of nitrogens with zero attached hydrogens (tertiary/aromatic N) is 1. The zero-order valence-corrected chi connectivity index (χ0v) is 18.1. The van der Waals surface area contributed by atoms with Gasteiger partial charge in [-0.15, -0.1) is 11.3 Å². The van der Waals surface area contributed by atoms with Gasteiger partial charge in [-0.05, 0) is 52.3 Å². The number of halogens is 1. The minimum Gasteiger partial charge on any atom is -0.460 e. The lowest BCUT2D eigenvalue weighted by Gasteiger charge is -2.20. The maximum atomic E-state index is 12.8. The van der Waals surface area contributed by atoms with Crippen LogP contribution in [-0.4, -0.2) is 29.2 Å². The van der Waals surface area contributed by atoms with Crippen molar-refractivity contribution in [3.8, 4) is 0 Å². The fourth-order valence-corrected chi connectivity index (χ4v) is 4.17. The van der Waals surface area contributed by atoms with E-state index in [9.17, 15) is 9.59 Å². The van der Waals surface area contributed by atoms with Gasteiger partial charge in [-0.25, -0.2) is 0 Å². The van der Waals surface area contributed by atoms with Gasteiger partial charge in [0.1, 0.15) is 16.6 Å². The number of benzene rings is 1. The average Bonchev–Trinajstić information content (AvgIpc) is 2.76. The van der Waals surface area contributed by atoms with Gasteiger partial charge in [0.2, 0.25) is 5.91 Å². The van der Waals surface area contributed by atoms with Crippen LogP contribution in [0.1, 0.15) is 48.8 Å². The van der Waals surface area contributed by atoms with Gasteiger partial charge < -0.3 is 10.1 Å². The highest BCUT2D eigenvalue weighted by molar-refractivity contribution is 7.17. The molecule has 2 aromatic rings. The van der Waals surface area contributed by atoms with Crippen molar-refractivity contribution >= 4 is 45.5 Å². The summed E-state index contributed by atoms with van der Waals surface area (Å²) in [4.78, 5) is 30.9. The van der Waals surface area contributed by atoms with Crippen molar-refractivity contribution in [3.63, 3.8) is 0 Å². The number of aryl methyl sites for hydroxylation is 1. The molecule has 7 heteroatoms. The number of amides is 1. The summed E-state index contributed by atoms with van der Waals surface area (Å²) >= 11 is 7.55. The smallest absolute Gasteiger partial charge is 0.309 e. The quantitative estimate of drug-likeness (QED) is 0.720. The Kier molecular flexibility index (Phi) is 5.64. The second-order valence-electron chi connectivity index (χ2n) is 7.77. The molecule has 0 saturated carbocycles. The highest BCUT2D eigenvalue weighted by atomic mass is 35.5. The van der Waals surface area contributed by atoms with E-state index < -0.39 is 17.6 Å². The molecule has 0 bridgehead atoms. The Labute approximate surface area is 173 Å². The second-order valence-corrected chi connectivity index (χ2v) is 9.43. The molecule has 2 heterocycles. The van der Waals surface area contributed by atoms with Gasteiger partial charge in [-0.3, -0.25) is 14.6 Å². The summed E-state index contributed by atoms with van der Waals surface area (Å²) in [5, 5.41) is 4.32. The molecule has 0 spiro atoms. The molecule has 0 radical (unpaired) electrons. The van der Waals surface area contributed by atoms with Crippen LogP contribution in [0.3, 0.4) is 0 Å². The summed E-state index contributed by atoms with van der Waals surface area (Å²) in [7, 11) is 0. The van der Waals surface area contributed by atoms with Crippen molar-refractivity contribution in [2.45, 2.75) is 52.7 Å². The molecule has 0 fully saturated rings. The summed E-state index contributed by atoms with van der Waals surface area (Å²) < 4.78 is 5.38. The molecule has 28 heavy (non-hydrogen) atoms. The molecule has 1 aromatic heterocycles. The van der Waals surface area contributed by atoms with Crippen LogP contribution in [-0.2, 0) is 14.3 Å². The van der Waals surface area contributed by atoms with Crippen LogP contribution in [0.2, 0.25) is 5.02 Å². The number of ether oxygens (including phenoxy) is 1. The van der Waals surface area contributed by atoms with Crippen molar-refractivity contribution in [2.24, 2.45) is 4.99 Å². The summed E-state index contributed by atoms with van der Waals surface area (Å²) in [5.74, 6) is -0.762. The van der Waals surface area contributed by atoms with Gasteiger partial charge in [-0.2, -0.15) is 0 Å². The first kappa shape index (κ1) is 20.6. The maximum Gasteiger partial charge on any atom is 0.309 e. The molecule has 1 amide bonds. The number of anilines is 1. The van der Waals surface area contributed by atoms with Crippen molar-refractivity contribution in [3.05, 3.63) is 50.9 Å². The predicted molar refractivity (Wildman–Crippen MR) is 114 cm³/mol. The lowest BCUT2D eigenvalue weighted by molar-refractivity contribution is -0.155. The third kappa shape index (κ3) is 4.45. The van der Waals surface area contributed by atoms with Gasteiger partial charge in [0.05, 0.1) is 12.1 Å². The van der Waals surface area contributed by atoms with Crippen LogP contribution in [0.5, 0.6) is 0 Å². The Morgan fingerprint density at radius 3 is 2.50 bits per heavy atom. The number of hydrogen-bond donors (Lipinski definition) is 1. The Bertz CT molecular complexity index is 955. The summed E-state index contributed by atoms with van der Waals surface area (Å²) in [6.07, 6.45) is -0.118. The monoisotopic (exact) mass is 418 g/mol. The number of thiophene rings is 1. The first-order valence-electron chi connectivity index (χ1n) is 9.02. The van der Waals surface area contributed by atoms with Crippen molar-refractivity contribution in [1.29, 1.82) is 0 Å². The van der Waals surface area contributed by atoms with Crippen molar-refractivity contribution in [2.75, 3.05) is 5.32 Å². The number of carbonyl (C=O) groups is 2. The van der Waals surface area contributed by atoms with Crippen LogP contribution in [0, 0.1) is 13.8 Å². The lowest BCUT2D eigenvalue weighted by atomic mass is 10.00. The largest absolute Gasteiger partial charge is 0.460 e. The molecular formula is C21H23ClN2O3S. The molecule has 1 atom stereocenters. The first-order valence-corrected chi connectivity index (χ1v) is 10.2. The van der Waals surface area contributed by atoms with E-state index in [0.717, 1.165) is 26.6 Å². The maximum absolute atomic E-state index is 12.8. The van der Waals surface area contributed by atoms with Gasteiger partial charge in [0.15, 0.2) is 0 Å². The number of carbonyl (C=O) groups excluding carboxylic acids is 2. The van der Waals surface area contributed by atoms with Crippen LogP contribution >= 0.6 is 22.9 Å². The van der Waals surface area contributed by atoms with Gasteiger partial charge in [0.25, 0.3) is 0 Å². The Morgan fingerprint density at radius 1 is 1.25 bits per heavy atom. The fraction of sp³-hybridized carbons (Fsp3) is 0.381. The highest BCUT2D eigenvalue weighted by Gasteiger charge is 2.31. The van der Waals surface area contributed by atoms with Gasteiger partial charge >= 0.3 is 5.97 Å². The summed E-state index contributed by atoms with van der Waals surface area (Å²) in [6, 6.07) is 6.46. The minimum atomic E-state index is -0.861. The minimum absolute atomic E-state index is 0.118. The molecule has 1 N–H and O–H groups in total. The SMILES string of the molecule is Cc1sc2c(c1C)C(c1ccc(Cl)cc1)=N[C@@H](CC(=O)OC(C)(C)C)C(=O)N2. The lowest BCUT2D eigenvalue weighted by Crippen LogP contribution is -2.31. The average molecular weight is 419 g/mol. The standard InChI is InChI=1S/C21H23ClN2O3S/c1-11-12(2)28-20-17(11)18(13-6-8-14(22)9-7-13)23-15(19(26)24-20)10-16(25)27-21(3,4)5/h6-9,15H,10H2,1-5H3,(H,24,26)/t15-/m0/s1. The topological polar surface area (TPSA) is 67.8 Å². The van der Waals surface area contributed by atoms with Crippen LogP contribution in [0.15, 0.2) is 29.3 Å². The number of hydrogen-bond acceptors (Lipinski definition) is 5. The molecule has 0 aliphatic carbocycles. The number of rotatable bonds is 3. The van der Waals surface area contributed by atoms with E-state index in [1.165, 1.54) is 11.3 Å². The molecule has 148 valence electrons. The Balaban J connectivity index is 2.06. The summed E-state index contributed by atoms with van der Waals surface area (Å²) in [6.45, 7) is 9.41. The van der Waals surface area contributed by atoms with E-state index in [-0.39, 0.29) is 12.3 Å². The third-order valence-electron chi connectivity index (χ3n) is 4.34. The van der Waals surface area contributed by atoms with Crippen LogP contribution < -0.4 is 5.32 Å². The molecule has 1 aliphatic heterocycles. The van der Waals surface area contributed by atoms with E-state index >= 15 is 0 Å². The van der Waals surface area contributed by atoms with Crippen molar-refractivity contribution < 1.29 is 14.3 Å². The molecular weight excluding hydrogens is 396 g/mol. The molecule has 0 saturated heterocycles. The van der Waals surface area contributed by atoms with E-state index in [4.69, 9.17) is 21.3 Å². The first-order chi connectivity index (χ1) is 13.0. The van der Waals surface area contributed by atoms with E-state index in [1.54, 1.807) is 32.9 Å². The molecule has 1 aliphatic rings. The second kappa shape index (κ2) is 7.68. The number of nitrogens with one attached hydrogen (secondary N) is 1. The zero-order valence-electron chi connectivity index (χ0n) is 16.6. The Hall–Kier alpha value is -2.18. The molecule has 0 unspecified atom stereocenters. The molecule has 1 aromatic carbocycles. The summed E-state index contributed by atoms with van der Waals surface area (Å²) in [5.41, 5.74) is 2.86. The fourth-order valence-electron chi connectivity index (χ4n) is 2.98. The third-order valence-corrected chi connectivity index (χ3v) is 5.72. The Morgan fingerprint density at radius 2 is 1.89 bits per heavy atom. The van der Waals surface area contributed by atoms with Gasteiger partial charge in [0, 0.05) is 21.0 Å². The van der Waals surface area contributed by atoms with E-state index in [1.807, 2.05) is 26.0 Å². The van der Waals surface area contributed by atoms with Crippen LogP contribution in [0.4, 0.5) is 5.00 Å². The van der Waals surface area contributed by atoms with Crippen LogP contribution in [0.25, 0.3) is 0 Å². The number of esters is 1. The van der Waals surface area contributed by atoms with Crippen molar-refractivity contribution in [1.82, 2.24) is 0 Å². The molecule has 3 rings (SSSR count). The number of aliphatic imine (C=N–C) groups is 1. The molecule has 5 nitrogen and oxygen atoms in total. The van der Waals surface area contributed by atoms with E-state index in [0.29, 0.717) is 10.7 Å². The van der Waals surface area contributed by atoms with E-state index in [2.05, 4.69) is 5.32 Å². The predicted octanol–water partition coefficient (Wildman–Crippen LogP) is 4.91.